The molecule has 0 bridgehead atoms. The van der Waals surface area contributed by atoms with Gasteiger partial charge in [-0.3, -0.25) is 9.98 Å². The van der Waals surface area contributed by atoms with Gasteiger partial charge in [-0.1, -0.05) is 74.5 Å². The molecule has 0 fully saturated rings. The minimum atomic E-state index is -0.235. The Balaban J connectivity index is 1.30. The van der Waals surface area contributed by atoms with Gasteiger partial charge in [0, 0.05) is 28.9 Å². The SMILES string of the molecule is CC1=NC(C)(C)C(C)(C)N1c1ccc(-c2c3ccccc3c(-c3ccc(N4C(C)=NC(C)(C)C4(C)C)nc3)c3c4c(ccc23)C(C)(C)c2ccccc2-4)cn1. The van der Waals surface area contributed by atoms with Crippen LogP contribution in [0.25, 0.3) is 54.9 Å². The standard InChI is InChI=1S/C49H52N6/c1-29-52-46(5,6)48(9,10)54(29)39-25-21-31(27-50-39)41-33-17-13-14-18-34(33)42(32-22-26-40(51-28-32)55-30(2)53-47(7,8)49(55,11)12)44-36(41)23-24-38-43(44)35-19-15-16-20-37(35)45(38,3)4/h13-28H,1-12H3. The number of aliphatic imine (C=N–C) groups is 2. The lowest BCUT2D eigenvalue weighted by molar-refractivity contribution is 0.337. The summed E-state index contributed by atoms with van der Waals surface area (Å²) < 4.78 is 0. The molecule has 278 valence electrons. The molecule has 0 amide bonds. The van der Waals surface area contributed by atoms with Crippen LogP contribution in [-0.4, -0.2) is 43.8 Å². The summed E-state index contributed by atoms with van der Waals surface area (Å²) in [5.74, 6) is 3.81. The van der Waals surface area contributed by atoms with E-state index in [9.17, 15) is 0 Å². The number of nitrogens with zero attached hydrogens (tertiary/aromatic N) is 6. The highest BCUT2D eigenvalue weighted by molar-refractivity contribution is 6.25. The van der Waals surface area contributed by atoms with Crippen LogP contribution < -0.4 is 9.80 Å². The Hall–Kier alpha value is -5.36. The zero-order chi connectivity index (χ0) is 39.0. The minimum Gasteiger partial charge on any atom is -0.307 e. The van der Waals surface area contributed by atoms with Gasteiger partial charge in [-0.2, -0.15) is 0 Å². The Morgan fingerprint density at radius 3 is 1.44 bits per heavy atom. The molecular weight excluding hydrogens is 673 g/mol. The monoisotopic (exact) mass is 724 g/mol. The first-order valence-corrected chi connectivity index (χ1v) is 19.7. The Morgan fingerprint density at radius 1 is 0.455 bits per heavy atom. The summed E-state index contributed by atoms with van der Waals surface area (Å²) in [6.45, 7) is 26.8. The van der Waals surface area contributed by atoms with Gasteiger partial charge in [0.15, 0.2) is 0 Å². The minimum absolute atomic E-state index is 0.144. The Labute approximate surface area is 326 Å². The third kappa shape index (κ3) is 4.73. The van der Waals surface area contributed by atoms with Gasteiger partial charge in [-0.15, -0.1) is 0 Å². The van der Waals surface area contributed by atoms with E-state index in [1.54, 1.807) is 0 Å². The van der Waals surface area contributed by atoms with Gasteiger partial charge in [0.25, 0.3) is 0 Å². The molecule has 6 nitrogen and oxygen atoms in total. The molecule has 2 aliphatic heterocycles. The maximum Gasteiger partial charge on any atom is 0.134 e. The number of fused-ring (bicyclic) bond motifs is 6. The quantitative estimate of drug-likeness (QED) is 0.170. The summed E-state index contributed by atoms with van der Waals surface area (Å²) in [5, 5.41) is 4.86. The number of aromatic nitrogens is 2. The van der Waals surface area contributed by atoms with E-state index >= 15 is 0 Å². The van der Waals surface area contributed by atoms with Crippen LogP contribution in [0.5, 0.6) is 0 Å². The molecule has 1 aliphatic carbocycles. The first kappa shape index (κ1) is 35.3. The van der Waals surface area contributed by atoms with Crippen molar-refractivity contribution in [1.29, 1.82) is 0 Å². The number of amidine groups is 2. The molecule has 0 N–H and O–H groups in total. The average molecular weight is 725 g/mol. The highest BCUT2D eigenvalue weighted by Gasteiger charge is 2.50. The highest BCUT2D eigenvalue weighted by atomic mass is 15.4. The molecule has 2 aromatic heterocycles. The van der Waals surface area contributed by atoms with Gasteiger partial charge in [0.2, 0.25) is 0 Å². The summed E-state index contributed by atoms with van der Waals surface area (Å²) in [5.41, 5.74) is 8.87. The molecule has 4 heterocycles. The molecule has 0 saturated heterocycles. The number of hydrogen-bond acceptors (Lipinski definition) is 6. The van der Waals surface area contributed by atoms with Crippen LogP contribution in [0.2, 0.25) is 0 Å². The van der Waals surface area contributed by atoms with Crippen LogP contribution in [0.3, 0.4) is 0 Å². The van der Waals surface area contributed by atoms with Crippen molar-refractivity contribution in [2.75, 3.05) is 9.80 Å². The van der Waals surface area contributed by atoms with Crippen molar-refractivity contribution in [3.05, 3.63) is 108 Å². The molecule has 6 aromatic rings. The van der Waals surface area contributed by atoms with Crippen LogP contribution >= 0.6 is 0 Å². The van der Waals surface area contributed by atoms with Crippen LogP contribution in [0.1, 0.15) is 94.2 Å². The summed E-state index contributed by atoms with van der Waals surface area (Å²) >= 11 is 0. The van der Waals surface area contributed by atoms with Crippen molar-refractivity contribution in [2.24, 2.45) is 9.98 Å². The molecule has 6 heteroatoms. The second-order valence-corrected chi connectivity index (χ2v) is 18.4. The molecule has 0 spiro atoms. The maximum absolute atomic E-state index is 5.21. The van der Waals surface area contributed by atoms with E-state index in [1.165, 1.54) is 54.9 Å². The lowest BCUT2D eigenvalue weighted by atomic mass is 9.80. The van der Waals surface area contributed by atoms with Crippen molar-refractivity contribution in [3.8, 4) is 33.4 Å². The van der Waals surface area contributed by atoms with E-state index in [4.69, 9.17) is 20.0 Å². The smallest absolute Gasteiger partial charge is 0.134 e. The summed E-state index contributed by atoms with van der Waals surface area (Å²) in [6.07, 6.45) is 4.14. The van der Waals surface area contributed by atoms with Crippen molar-refractivity contribution < 1.29 is 0 Å². The molecule has 9 rings (SSSR count). The lowest BCUT2D eigenvalue weighted by Gasteiger charge is -2.40. The van der Waals surface area contributed by atoms with E-state index in [-0.39, 0.29) is 27.6 Å². The van der Waals surface area contributed by atoms with Crippen LogP contribution in [0.15, 0.2) is 107 Å². The van der Waals surface area contributed by atoms with Crippen molar-refractivity contribution >= 4 is 44.9 Å². The molecule has 55 heavy (non-hydrogen) atoms. The van der Waals surface area contributed by atoms with Crippen LogP contribution in [0.4, 0.5) is 11.6 Å². The zero-order valence-electron chi connectivity index (χ0n) is 34.4. The number of hydrogen-bond donors (Lipinski definition) is 0. The highest BCUT2D eigenvalue weighted by Crippen LogP contribution is 2.56. The van der Waals surface area contributed by atoms with Crippen LogP contribution in [0, 0.1) is 0 Å². The fourth-order valence-electron chi connectivity index (χ4n) is 9.85. The van der Waals surface area contributed by atoms with Crippen molar-refractivity contribution in [1.82, 2.24) is 9.97 Å². The molecule has 0 unspecified atom stereocenters. The first-order chi connectivity index (χ1) is 25.9. The molecule has 4 aromatic carbocycles. The van der Waals surface area contributed by atoms with E-state index in [2.05, 4.69) is 190 Å². The van der Waals surface area contributed by atoms with Crippen LogP contribution in [-0.2, 0) is 5.41 Å². The zero-order valence-corrected chi connectivity index (χ0v) is 34.4. The fraction of sp³-hybridized carbons (Fsp3) is 0.347. The average Bonchev–Trinajstić information content (AvgIpc) is 3.54. The first-order valence-electron chi connectivity index (χ1n) is 19.7. The third-order valence-electron chi connectivity index (χ3n) is 13.9. The molecule has 0 saturated carbocycles. The van der Waals surface area contributed by atoms with E-state index < -0.39 is 0 Å². The molecule has 0 atom stereocenters. The molecule has 3 aliphatic rings. The van der Waals surface area contributed by atoms with Gasteiger partial charge >= 0.3 is 0 Å². The Kier molecular flexibility index (Phi) is 7.29. The second kappa shape index (κ2) is 11.3. The third-order valence-corrected chi connectivity index (χ3v) is 13.9. The number of benzene rings is 4. The summed E-state index contributed by atoms with van der Waals surface area (Å²) in [6, 6.07) is 31.4. The number of anilines is 2. The predicted octanol–water partition coefficient (Wildman–Crippen LogP) is 12.0. The number of rotatable bonds is 4. The second-order valence-electron chi connectivity index (χ2n) is 18.4. The van der Waals surface area contributed by atoms with Gasteiger partial charge in [0.05, 0.1) is 22.2 Å². The summed E-state index contributed by atoms with van der Waals surface area (Å²) in [7, 11) is 0. The van der Waals surface area contributed by atoms with Gasteiger partial charge in [-0.05, 0) is 148 Å². The normalized spacial score (nSPS) is 19.8. The van der Waals surface area contributed by atoms with E-state index in [0.29, 0.717) is 0 Å². The van der Waals surface area contributed by atoms with E-state index in [1.807, 2.05) is 0 Å². The predicted molar refractivity (Wildman–Crippen MR) is 233 cm³/mol. The molecular formula is C49H52N6. The largest absolute Gasteiger partial charge is 0.307 e. The number of pyridine rings is 2. The lowest BCUT2D eigenvalue weighted by Crippen LogP contribution is -2.53. The van der Waals surface area contributed by atoms with Crippen molar-refractivity contribution in [3.63, 3.8) is 0 Å². The van der Waals surface area contributed by atoms with Gasteiger partial charge < -0.3 is 9.80 Å². The maximum atomic E-state index is 5.21. The Bertz CT molecular complexity index is 2640. The molecule has 0 radical (unpaired) electrons. The fourth-order valence-corrected chi connectivity index (χ4v) is 9.85. The van der Waals surface area contributed by atoms with Gasteiger partial charge in [-0.25, -0.2) is 9.97 Å². The van der Waals surface area contributed by atoms with Gasteiger partial charge in [0.1, 0.15) is 23.3 Å². The van der Waals surface area contributed by atoms with Crippen molar-refractivity contribution in [2.45, 2.75) is 111 Å². The Morgan fingerprint density at radius 2 is 0.945 bits per heavy atom. The van der Waals surface area contributed by atoms with E-state index in [0.717, 1.165) is 34.4 Å². The topological polar surface area (TPSA) is 57.0 Å². The summed E-state index contributed by atoms with van der Waals surface area (Å²) in [4.78, 5) is 25.0.